The number of hydrogen-bond acceptors (Lipinski definition) is 6. The van der Waals surface area contributed by atoms with Crippen molar-refractivity contribution in [3.63, 3.8) is 0 Å². The first kappa shape index (κ1) is 18.9. The summed E-state index contributed by atoms with van der Waals surface area (Å²) < 4.78 is 28.2. The Kier molecular flexibility index (Phi) is 4.60. The minimum Gasteiger partial charge on any atom is -0.294 e. The number of aryl methyl sites for hydroxylation is 1. The van der Waals surface area contributed by atoms with E-state index in [1.165, 1.54) is 17.4 Å². The molecule has 0 bridgehead atoms. The summed E-state index contributed by atoms with van der Waals surface area (Å²) in [6.45, 7) is 0. The van der Waals surface area contributed by atoms with Crippen LogP contribution < -0.4 is 4.72 Å². The van der Waals surface area contributed by atoms with E-state index >= 15 is 0 Å². The molecule has 0 spiro atoms. The van der Waals surface area contributed by atoms with Crippen LogP contribution in [0.25, 0.3) is 20.9 Å². The highest BCUT2D eigenvalue weighted by molar-refractivity contribution is 7.92. The number of thiazole rings is 1. The van der Waals surface area contributed by atoms with Crippen LogP contribution in [-0.2, 0) is 16.4 Å². The van der Waals surface area contributed by atoms with Gasteiger partial charge in [0.15, 0.2) is 5.78 Å². The van der Waals surface area contributed by atoms with Gasteiger partial charge < -0.3 is 0 Å². The van der Waals surface area contributed by atoms with E-state index in [0.717, 1.165) is 39.3 Å². The minimum absolute atomic E-state index is 0.00276. The van der Waals surface area contributed by atoms with Gasteiger partial charge in [0.1, 0.15) is 15.4 Å². The van der Waals surface area contributed by atoms with Crippen molar-refractivity contribution in [1.29, 1.82) is 0 Å². The quantitative estimate of drug-likeness (QED) is 0.503. The summed E-state index contributed by atoms with van der Waals surface area (Å²) in [4.78, 5) is 22.0. The zero-order valence-corrected chi connectivity index (χ0v) is 17.5. The van der Waals surface area contributed by atoms with E-state index in [-0.39, 0.29) is 10.7 Å². The van der Waals surface area contributed by atoms with Crippen LogP contribution in [0.5, 0.6) is 0 Å². The molecule has 0 amide bonds. The van der Waals surface area contributed by atoms with Crippen molar-refractivity contribution >= 4 is 43.2 Å². The Labute approximate surface area is 177 Å². The second kappa shape index (κ2) is 7.30. The van der Waals surface area contributed by atoms with Gasteiger partial charge in [-0.15, -0.1) is 0 Å². The fourth-order valence-electron chi connectivity index (χ4n) is 3.56. The van der Waals surface area contributed by atoms with E-state index in [9.17, 15) is 13.2 Å². The highest BCUT2D eigenvalue weighted by Crippen LogP contribution is 2.30. The standard InChI is InChI=1S/C22H17N3O3S2/c26-20-5-1-3-14-8-11-17(13-18(14)20)30(27,28)25-16-9-6-15(7-10-16)21-24-19-4-2-12-23-22(19)29-21/h2,4,6-13,25H,1,3,5H2. The molecule has 0 radical (unpaired) electrons. The summed E-state index contributed by atoms with van der Waals surface area (Å²) in [7, 11) is -3.79. The van der Waals surface area contributed by atoms with Gasteiger partial charge in [-0.3, -0.25) is 9.52 Å². The van der Waals surface area contributed by atoms with Crippen LogP contribution >= 0.6 is 11.3 Å². The molecule has 2 aromatic heterocycles. The Morgan fingerprint density at radius 2 is 1.83 bits per heavy atom. The van der Waals surface area contributed by atoms with Gasteiger partial charge >= 0.3 is 0 Å². The molecule has 5 rings (SSSR count). The summed E-state index contributed by atoms with van der Waals surface area (Å²) in [6.07, 6.45) is 3.81. The average Bonchev–Trinajstić information content (AvgIpc) is 3.18. The molecule has 2 aromatic carbocycles. The maximum absolute atomic E-state index is 12.8. The molecule has 0 atom stereocenters. The van der Waals surface area contributed by atoms with E-state index in [0.29, 0.717) is 17.7 Å². The Morgan fingerprint density at radius 3 is 2.63 bits per heavy atom. The van der Waals surface area contributed by atoms with Crippen LogP contribution in [-0.4, -0.2) is 24.2 Å². The molecule has 0 fully saturated rings. The molecule has 1 N–H and O–H groups in total. The van der Waals surface area contributed by atoms with Crippen LogP contribution in [0.3, 0.4) is 0 Å². The number of sulfonamides is 1. The number of pyridine rings is 1. The van der Waals surface area contributed by atoms with Gasteiger partial charge in [0.05, 0.1) is 4.90 Å². The first-order valence-corrected chi connectivity index (χ1v) is 11.8. The fraction of sp³-hybridized carbons (Fsp3) is 0.136. The van der Waals surface area contributed by atoms with Crippen LogP contribution in [0.2, 0.25) is 0 Å². The lowest BCUT2D eigenvalue weighted by Gasteiger charge is -2.16. The molecule has 0 saturated carbocycles. The maximum atomic E-state index is 12.8. The fourth-order valence-corrected chi connectivity index (χ4v) is 5.56. The molecule has 1 aliphatic carbocycles. The summed E-state index contributed by atoms with van der Waals surface area (Å²) in [6, 6.07) is 15.6. The van der Waals surface area contributed by atoms with E-state index in [1.807, 2.05) is 24.3 Å². The molecular weight excluding hydrogens is 418 g/mol. The first-order valence-electron chi connectivity index (χ1n) is 9.50. The SMILES string of the molecule is O=C1CCCc2ccc(S(=O)(=O)Nc3ccc(-c4nc5cccnc5s4)cc3)cc21. The van der Waals surface area contributed by atoms with Gasteiger partial charge in [0.25, 0.3) is 10.0 Å². The Balaban J connectivity index is 1.40. The van der Waals surface area contributed by atoms with Gasteiger partial charge in [-0.1, -0.05) is 17.4 Å². The third-order valence-electron chi connectivity index (χ3n) is 5.09. The molecule has 0 saturated heterocycles. The summed E-state index contributed by atoms with van der Waals surface area (Å²) >= 11 is 1.49. The molecule has 0 unspecified atom stereocenters. The number of aromatic nitrogens is 2. The predicted molar refractivity (Wildman–Crippen MR) is 117 cm³/mol. The van der Waals surface area contributed by atoms with Crippen LogP contribution in [0, 0.1) is 0 Å². The number of carbonyl (C=O) groups excluding carboxylic acids is 1. The second-order valence-corrected chi connectivity index (χ2v) is 9.79. The molecular formula is C22H17N3O3S2. The maximum Gasteiger partial charge on any atom is 0.261 e. The highest BCUT2D eigenvalue weighted by atomic mass is 32.2. The van der Waals surface area contributed by atoms with Crippen LogP contribution in [0.4, 0.5) is 5.69 Å². The van der Waals surface area contributed by atoms with E-state index in [4.69, 9.17) is 0 Å². The normalized spacial score (nSPS) is 13.9. The van der Waals surface area contributed by atoms with Gasteiger partial charge in [0, 0.05) is 29.4 Å². The van der Waals surface area contributed by atoms with Crippen molar-refractivity contribution in [1.82, 2.24) is 9.97 Å². The monoisotopic (exact) mass is 435 g/mol. The number of nitrogens with zero attached hydrogens (tertiary/aromatic N) is 2. The van der Waals surface area contributed by atoms with E-state index < -0.39 is 10.0 Å². The zero-order chi connectivity index (χ0) is 20.7. The van der Waals surface area contributed by atoms with Crippen molar-refractivity contribution in [3.05, 3.63) is 71.9 Å². The third kappa shape index (κ3) is 3.48. The largest absolute Gasteiger partial charge is 0.294 e. The summed E-state index contributed by atoms with van der Waals surface area (Å²) in [5, 5.41) is 0.825. The topological polar surface area (TPSA) is 89.0 Å². The van der Waals surface area contributed by atoms with Crippen molar-refractivity contribution < 1.29 is 13.2 Å². The van der Waals surface area contributed by atoms with Gasteiger partial charge in [0.2, 0.25) is 0 Å². The Hall–Kier alpha value is -3.10. The zero-order valence-electron chi connectivity index (χ0n) is 15.8. The number of ketones is 1. The molecule has 1 aliphatic rings. The lowest BCUT2D eigenvalue weighted by molar-refractivity contribution is 0.0972. The molecule has 6 nitrogen and oxygen atoms in total. The average molecular weight is 436 g/mol. The lowest BCUT2D eigenvalue weighted by atomic mass is 9.91. The third-order valence-corrected chi connectivity index (χ3v) is 7.50. The Bertz CT molecular complexity index is 1340. The van der Waals surface area contributed by atoms with Crippen LogP contribution in [0.1, 0.15) is 28.8 Å². The number of anilines is 1. The second-order valence-electron chi connectivity index (χ2n) is 7.13. The molecule has 30 heavy (non-hydrogen) atoms. The number of hydrogen-bond donors (Lipinski definition) is 1. The first-order chi connectivity index (χ1) is 14.5. The highest BCUT2D eigenvalue weighted by Gasteiger charge is 2.22. The van der Waals surface area contributed by atoms with Gasteiger partial charge in [-0.2, -0.15) is 0 Å². The summed E-state index contributed by atoms with van der Waals surface area (Å²) in [5.41, 5.74) is 3.61. The number of nitrogens with one attached hydrogen (secondary N) is 1. The number of fused-ring (bicyclic) bond motifs is 2. The summed E-state index contributed by atoms with van der Waals surface area (Å²) in [5.74, 6) is 0.00276. The smallest absolute Gasteiger partial charge is 0.261 e. The van der Waals surface area contributed by atoms with Crippen molar-refractivity contribution in [2.24, 2.45) is 0 Å². The number of Topliss-reactive ketones (excluding diaryl/α,β-unsaturated/α-hetero) is 1. The minimum atomic E-state index is -3.79. The van der Waals surface area contributed by atoms with E-state index in [2.05, 4.69) is 14.7 Å². The van der Waals surface area contributed by atoms with Crippen molar-refractivity contribution in [3.8, 4) is 10.6 Å². The molecule has 8 heteroatoms. The number of benzene rings is 2. The van der Waals surface area contributed by atoms with E-state index in [1.54, 1.807) is 30.5 Å². The van der Waals surface area contributed by atoms with Crippen LogP contribution in [0.15, 0.2) is 65.7 Å². The van der Waals surface area contributed by atoms with Crippen molar-refractivity contribution in [2.45, 2.75) is 24.2 Å². The molecule has 2 heterocycles. The molecule has 4 aromatic rings. The lowest BCUT2D eigenvalue weighted by Crippen LogP contribution is -2.16. The number of rotatable bonds is 4. The Morgan fingerprint density at radius 1 is 1.00 bits per heavy atom. The predicted octanol–water partition coefficient (Wildman–Crippen LogP) is 4.68. The van der Waals surface area contributed by atoms with Gasteiger partial charge in [-0.25, -0.2) is 18.4 Å². The number of carbonyl (C=O) groups is 1. The molecule has 0 aliphatic heterocycles. The van der Waals surface area contributed by atoms with Gasteiger partial charge in [-0.05, 0) is 66.9 Å². The molecule has 150 valence electrons. The van der Waals surface area contributed by atoms with Crippen molar-refractivity contribution in [2.75, 3.05) is 4.72 Å².